The van der Waals surface area contributed by atoms with E-state index >= 15 is 0 Å². The predicted octanol–water partition coefficient (Wildman–Crippen LogP) is 14.4. The fourth-order valence-electron chi connectivity index (χ4n) is 9.21. The molecule has 7 aromatic carbocycles. The lowest BCUT2D eigenvalue weighted by atomic mass is 10.0. The van der Waals surface area contributed by atoms with Crippen LogP contribution in [0.3, 0.4) is 0 Å². The molecule has 0 radical (unpaired) electrons. The number of aromatic nitrogens is 6. The van der Waals surface area contributed by atoms with Crippen LogP contribution in [0.15, 0.2) is 186 Å². The number of para-hydroxylation sites is 3. The molecule has 296 valence electrons. The Hall–Kier alpha value is -8.07. The molecule has 5 heterocycles. The highest BCUT2D eigenvalue weighted by molar-refractivity contribution is 7.26. The lowest BCUT2D eigenvalue weighted by molar-refractivity contribution is 0.664. The highest BCUT2D eigenvalue weighted by Gasteiger charge is 2.23. The Labute approximate surface area is 365 Å². The molecule has 0 aliphatic heterocycles. The van der Waals surface area contributed by atoms with Gasteiger partial charge in [-0.3, -0.25) is 0 Å². The molecule has 0 atom stereocenters. The van der Waals surface area contributed by atoms with E-state index in [4.69, 9.17) is 29.3 Å². The zero-order valence-electron chi connectivity index (χ0n) is 33.7. The van der Waals surface area contributed by atoms with Crippen molar-refractivity contribution in [3.63, 3.8) is 0 Å². The second-order valence-electron chi connectivity index (χ2n) is 15.9. The molecule has 12 aromatic rings. The fraction of sp³-hybridized carbons (Fsp3) is 0.0364. The second kappa shape index (κ2) is 14.3. The van der Waals surface area contributed by atoms with E-state index in [9.17, 15) is 0 Å². The summed E-state index contributed by atoms with van der Waals surface area (Å²) in [5, 5.41) is 5.47. The monoisotopic (exact) mass is 826 g/mol. The summed E-state index contributed by atoms with van der Waals surface area (Å²) in [7, 11) is 0. The standard InChI is InChI=1S/C55H34N6OS/c1-4-16-33(17-5-1)48-50-49(39-23-11-13-29-45(39)62-50)57-55(56-48)41-26-14-24-37-42-32-35(30-31-46(42)63-51(37)41)53-58-52(34-18-6-2-7-19-34)59-54(60-53)40-25-15-28-44-47(40)38-22-10-12-27-43(38)61(44)36-20-8-3-9-21-36/h2-4,6-32H,1,5H2. The maximum Gasteiger partial charge on any atom is 0.180 e. The summed E-state index contributed by atoms with van der Waals surface area (Å²) in [6.45, 7) is 0. The van der Waals surface area contributed by atoms with Crippen LogP contribution in [0.1, 0.15) is 18.5 Å². The number of furan rings is 1. The number of nitrogens with zero attached hydrogens (tertiary/aromatic N) is 6. The van der Waals surface area contributed by atoms with Crippen LogP contribution in [0.2, 0.25) is 0 Å². The largest absolute Gasteiger partial charge is 0.452 e. The minimum absolute atomic E-state index is 0.610. The summed E-state index contributed by atoms with van der Waals surface area (Å²) in [5.74, 6) is 2.53. The third-order valence-corrected chi connectivity index (χ3v) is 13.3. The summed E-state index contributed by atoms with van der Waals surface area (Å²) in [5.41, 5.74) is 11.3. The van der Waals surface area contributed by atoms with Gasteiger partial charge in [0.2, 0.25) is 0 Å². The zero-order chi connectivity index (χ0) is 41.4. The Morgan fingerprint density at radius 2 is 1.21 bits per heavy atom. The van der Waals surface area contributed by atoms with E-state index in [2.05, 4.69) is 150 Å². The summed E-state index contributed by atoms with van der Waals surface area (Å²) in [6, 6.07) is 56.8. The number of rotatable bonds is 6. The maximum atomic E-state index is 6.44. The molecule has 0 unspecified atom stereocenters. The van der Waals surface area contributed by atoms with Gasteiger partial charge >= 0.3 is 0 Å². The molecule has 0 N–H and O–H groups in total. The molecule has 63 heavy (non-hydrogen) atoms. The first kappa shape index (κ1) is 35.7. The normalized spacial score (nSPS) is 13.0. The number of hydrogen-bond donors (Lipinski definition) is 0. The molecule has 5 aromatic heterocycles. The van der Waals surface area contributed by atoms with Crippen molar-refractivity contribution in [1.29, 1.82) is 0 Å². The molecule has 0 saturated carbocycles. The van der Waals surface area contributed by atoms with Crippen molar-refractivity contribution in [3.8, 4) is 51.2 Å². The molecule has 0 fully saturated rings. The van der Waals surface area contributed by atoms with E-state index in [-0.39, 0.29) is 0 Å². The van der Waals surface area contributed by atoms with Crippen molar-refractivity contribution >= 4 is 81.0 Å². The van der Waals surface area contributed by atoms with E-state index in [0.29, 0.717) is 23.3 Å². The van der Waals surface area contributed by atoms with Crippen LogP contribution in [0.4, 0.5) is 0 Å². The third-order valence-electron chi connectivity index (χ3n) is 12.1. The van der Waals surface area contributed by atoms with Crippen molar-refractivity contribution in [2.24, 2.45) is 0 Å². The molecular formula is C55H34N6OS. The number of allylic oxidation sites excluding steroid dienone is 4. The van der Waals surface area contributed by atoms with Gasteiger partial charge in [-0.15, -0.1) is 11.3 Å². The van der Waals surface area contributed by atoms with Crippen LogP contribution in [-0.2, 0) is 0 Å². The minimum atomic E-state index is 0.610. The fourth-order valence-corrected chi connectivity index (χ4v) is 10.4. The topological polar surface area (TPSA) is 82.5 Å². The van der Waals surface area contributed by atoms with Crippen LogP contribution in [0, 0.1) is 0 Å². The van der Waals surface area contributed by atoms with Crippen LogP contribution >= 0.6 is 11.3 Å². The van der Waals surface area contributed by atoms with E-state index in [1.54, 1.807) is 11.3 Å². The molecular weight excluding hydrogens is 793 g/mol. The lowest BCUT2D eigenvalue weighted by Crippen LogP contribution is -2.00. The van der Waals surface area contributed by atoms with Crippen molar-refractivity contribution in [2.45, 2.75) is 12.8 Å². The van der Waals surface area contributed by atoms with E-state index in [1.807, 2.05) is 36.4 Å². The molecule has 1 aliphatic rings. The van der Waals surface area contributed by atoms with E-state index in [1.165, 1.54) is 0 Å². The van der Waals surface area contributed by atoms with Gasteiger partial charge in [-0.25, -0.2) is 24.9 Å². The highest BCUT2D eigenvalue weighted by atomic mass is 32.1. The van der Waals surface area contributed by atoms with E-state index < -0.39 is 0 Å². The van der Waals surface area contributed by atoms with Gasteiger partial charge in [-0.05, 0) is 79.1 Å². The SMILES string of the molecule is C1=CC(c2nc(-c3cccc4c3sc3ccc(-c5nc(-c6ccccc6)nc(-c6cccc7c6c6ccccc6n7-c6ccccc6)n5)cc34)nc3c2oc2ccccc23)=CCC1. The van der Waals surface area contributed by atoms with Gasteiger partial charge in [-0.2, -0.15) is 0 Å². The highest BCUT2D eigenvalue weighted by Crippen LogP contribution is 2.43. The minimum Gasteiger partial charge on any atom is -0.452 e. The first-order chi connectivity index (χ1) is 31.2. The van der Waals surface area contributed by atoms with Crippen molar-refractivity contribution in [3.05, 3.63) is 188 Å². The molecule has 1 aliphatic carbocycles. The van der Waals surface area contributed by atoms with Gasteiger partial charge in [0.05, 0.1) is 11.0 Å². The summed E-state index contributed by atoms with van der Waals surface area (Å²) in [4.78, 5) is 26.2. The predicted molar refractivity (Wildman–Crippen MR) is 258 cm³/mol. The lowest BCUT2D eigenvalue weighted by Gasteiger charge is -2.10. The molecule has 0 spiro atoms. The number of hydrogen-bond acceptors (Lipinski definition) is 7. The Balaban J connectivity index is 0.996. The zero-order valence-corrected chi connectivity index (χ0v) is 34.6. The molecule has 0 amide bonds. The Morgan fingerprint density at radius 1 is 0.508 bits per heavy atom. The molecule has 8 heteroatoms. The smallest absolute Gasteiger partial charge is 0.180 e. The average molecular weight is 827 g/mol. The van der Waals surface area contributed by atoms with Crippen LogP contribution in [0.5, 0.6) is 0 Å². The molecule has 7 nitrogen and oxygen atoms in total. The molecule has 0 bridgehead atoms. The van der Waals surface area contributed by atoms with Gasteiger partial charge in [-0.1, -0.05) is 121 Å². The maximum absolute atomic E-state index is 6.44. The average Bonchev–Trinajstić information content (AvgIpc) is 4.04. The van der Waals surface area contributed by atoms with Gasteiger partial charge < -0.3 is 8.98 Å². The summed E-state index contributed by atoms with van der Waals surface area (Å²) < 4.78 is 11.0. The van der Waals surface area contributed by atoms with Gasteiger partial charge in [0.25, 0.3) is 0 Å². The third kappa shape index (κ3) is 5.76. The van der Waals surface area contributed by atoms with Gasteiger partial charge in [0, 0.05) is 64.3 Å². The first-order valence-corrected chi connectivity index (χ1v) is 22.0. The van der Waals surface area contributed by atoms with Crippen LogP contribution in [0.25, 0.3) is 121 Å². The van der Waals surface area contributed by atoms with E-state index in [0.717, 1.165) is 116 Å². The first-order valence-electron chi connectivity index (χ1n) is 21.2. The molecule has 0 saturated heterocycles. The summed E-state index contributed by atoms with van der Waals surface area (Å²) in [6.07, 6.45) is 8.59. The number of thiophene rings is 1. The Kier molecular flexibility index (Phi) is 8.07. The van der Waals surface area contributed by atoms with Crippen LogP contribution in [-0.4, -0.2) is 29.5 Å². The summed E-state index contributed by atoms with van der Waals surface area (Å²) >= 11 is 1.76. The number of fused-ring (bicyclic) bond motifs is 9. The van der Waals surface area contributed by atoms with Crippen LogP contribution < -0.4 is 0 Å². The van der Waals surface area contributed by atoms with Crippen molar-refractivity contribution < 1.29 is 4.42 Å². The number of benzene rings is 7. The Morgan fingerprint density at radius 3 is 2.06 bits per heavy atom. The second-order valence-corrected chi connectivity index (χ2v) is 16.9. The van der Waals surface area contributed by atoms with Crippen molar-refractivity contribution in [2.75, 3.05) is 0 Å². The van der Waals surface area contributed by atoms with Gasteiger partial charge in [0.1, 0.15) is 16.8 Å². The Bertz CT molecular complexity index is 3860. The quantitative estimate of drug-likeness (QED) is 0.166. The van der Waals surface area contributed by atoms with Gasteiger partial charge in [0.15, 0.2) is 28.9 Å². The molecule has 13 rings (SSSR count). The van der Waals surface area contributed by atoms with Crippen molar-refractivity contribution in [1.82, 2.24) is 29.5 Å².